The molecule has 1 aliphatic heterocycles. The number of hydrogen-bond acceptors (Lipinski definition) is 5. The Bertz CT molecular complexity index is 1260. The van der Waals surface area contributed by atoms with E-state index < -0.39 is 35.1 Å². The lowest BCUT2D eigenvalue weighted by atomic mass is 9.71. The second kappa shape index (κ2) is 13.2. The molecule has 3 N–H and O–H groups in total. The first-order valence-corrected chi connectivity index (χ1v) is 14.3. The molecule has 2 aromatic carbocycles. The van der Waals surface area contributed by atoms with Gasteiger partial charge in [0.15, 0.2) is 0 Å². The molecule has 0 bridgehead atoms. The van der Waals surface area contributed by atoms with Crippen molar-refractivity contribution < 1.29 is 32.6 Å². The van der Waals surface area contributed by atoms with Crippen molar-refractivity contribution in [3.05, 3.63) is 58.9 Å². The predicted octanol–water partition coefficient (Wildman–Crippen LogP) is 5.03. The van der Waals surface area contributed by atoms with E-state index in [4.69, 9.17) is 0 Å². The Morgan fingerprint density at radius 2 is 1.90 bits per heavy atom. The molecule has 4 atom stereocenters. The minimum absolute atomic E-state index is 0.0122. The summed E-state index contributed by atoms with van der Waals surface area (Å²) in [5.74, 6) is -3.24. The van der Waals surface area contributed by atoms with Crippen molar-refractivity contribution in [1.82, 2.24) is 15.5 Å². The number of nitrogens with zero attached hydrogens (tertiary/aromatic N) is 1. The predicted molar refractivity (Wildman–Crippen MR) is 150 cm³/mol. The number of aliphatic hydroxyl groups is 1. The van der Waals surface area contributed by atoms with E-state index in [1.807, 2.05) is 7.05 Å². The van der Waals surface area contributed by atoms with Crippen LogP contribution in [0.1, 0.15) is 56.1 Å². The lowest BCUT2D eigenvalue weighted by Crippen LogP contribution is -2.50. The summed E-state index contributed by atoms with van der Waals surface area (Å²) in [5.41, 5.74) is -1.49. The van der Waals surface area contributed by atoms with E-state index in [2.05, 4.69) is 15.4 Å². The zero-order valence-electron chi connectivity index (χ0n) is 23.9. The molecule has 7 nitrogen and oxygen atoms in total. The number of benzene rings is 2. The highest BCUT2D eigenvalue weighted by Crippen LogP contribution is 2.45. The summed E-state index contributed by atoms with van der Waals surface area (Å²) in [6.07, 6.45) is 3.16. The van der Waals surface area contributed by atoms with E-state index in [0.29, 0.717) is 31.0 Å². The number of carbonyl (C=O) groups is 2. The largest absolute Gasteiger partial charge is 0.453 e. The van der Waals surface area contributed by atoms with Gasteiger partial charge in [-0.3, -0.25) is 4.79 Å². The van der Waals surface area contributed by atoms with Gasteiger partial charge >= 0.3 is 6.09 Å². The first-order chi connectivity index (χ1) is 19.6. The fourth-order valence-corrected chi connectivity index (χ4v) is 6.49. The van der Waals surface area contributed by atoms with Gasteiger partial charge in [-0.05, 0) is 82.7 Å². The molecule has 0 radical (unpaired) electrons. The molecule has 1 unspecified atom stereocenters. The number of aryl methyl sites for hydroxylation is 1. The molecule has 1 aliphatic carbocycles. The van der Waals surface area contributed by atoms with Crippen LogP contribution in [0.5, 0.6) is 0 Å². The van der Waals surface area contributed by atoms with Crippen LogP contribution in [0.3, 0.4) is 0 Å². The Morgan fingerprint density at radius 3 is 2.61 bits per heavy atom. The molecule has 2 aliphatic rings. The van der Waals surface area contributed by atoms with Crippen LogP contribution in [0.2, 0.25) is 0 Å². The third-order valence-electron chi connectivity index (χ3n) is 8.70. The first kappa shape index (κ1) is 30.8. The Labute approximate surface area is 239 Å². The number of methoxy groups -OCH3 is 1. The highest BCUT2D eigenvalue weighted by molar-refractivity contribution is 5.79. The van der Waals surface area contributed by atoms with Gasteiger partial charge < -0.3 is 25.4 Å². The molecule has 1 saturated heterocycles. The van der Waals surface area contributed by atoms with Crippen molar-refractivity contribution in [1.29, 1.82) is 0 Å². The monoisotopic (exact) mass is 575 g/mol. The van der Waals surface area contributed by atoms with E-state index in [-0.39, 0.29) is 60.5 Å². The minimum Gasteiger partial charge on any atom is -0.453 e. The standard InChI is InChI=1S/C31H40F3N3O4/c1-19-7-10-26(33)24(14-19)28-25(16-22(32)17-27(28)34)31(40,11-5-12-36-30(39)41-3)21-6-4-13-37(18-21)29(38)20-8-9-23(15-20)35-2/h7,10,14,16-17,20-21,23,35,40H,4-6,8-9,11-13,15,18H2,1-3H3,(H,36,39)/t20-,21?,23-,31+/m1/s1. The van der Waals surface area contributed by atoms with Gasteiger partial charge in [0, 0.05) is 54.7 Å². The molecule has 0 aromatic heterocycles. The zero-order valence-corrected chi connectivity index (χ0v) is 23.9. The summed E-state index contributed by atoms with van der Waals surface area (Å²) in [5, 5.41) is 18.3. The maximum atomic E-state index is 15.6. The van der Waals surface area contributed by atoms with Gasteiger partial charge in [-0.2, -0.15) is 0 Å². The number of halogens is 3. The van der Waals surface area contributed by atoms with Crippen LogP contribution in [0, 0.1) is 36.2 Å². The number of likely N-dealkylation sites (tertiary alicyclic amines) is 1. The Balaban J connectivity index is 1.73. The molecule has 1 saturated carbocycles. The fourth-order valence-electron chi connectivity index (χ4n) is 6.49. The number of carbonyl (C=O) groups excluding carboxylic acids is 2. The minimum atomic E-state index is -1.83. The Hall–Kier alpha value is -3.11. The van der Waals surface area contributed by atoms with Crippen LogP contribution in [0.25, 0.3) is 11.1 Å². The van der Waals surface area contributed by atoms with Crippen molar-refractivity contribution in [2.45, 2.75) is 63.5 Å². The average molecular weight is 576 g/mol. The van der Waals surface area contributed by atoms with Crippen LogP contribution >= 0.6 is 0 Å². The number of rotatable bonds is 9. The molecule has 10 heteroatoms. The molecular formula is C31H40F3N3O4. The number of piperidine rings is 1. The van der Waals surface area contributed by atoms with Crippen LogP contribution in [-0.2, 0) is 15.1 Å². The van der Waals surface area contributed by atoms with E-state index in [1.54, 1.807) is 17.9 Å². The summed E-state index contributed by atoms with van der Waals surface area (Å²) in [6.45, 7) is 2.62. The summed E-state index contributed by atoms with van der Waals surface area (Å²) in [7, 11) is 3.12. The van der Waals surface area contributed by atoms with Crippen LogP contribution in [-0.4, -0.2) is 61.8 Å². The highest BCUT2D eigenvalue weighted by Gasteiger charge is 2.44. The molecule has 224 valence electrons. The molecule has 1 heterocycles. The van der Waals surface area contributed by atoms with E-state index in [1.165, 1.54) is 19.2 Å². The summed E-state index contributed by atoms with van der Waals surface area (Å²) in [4.78, 5) is 26.9. The van der Waals surface area contributed by atoms with E-state index >= 15 is 8.78 Å². The Morgan fingerprint density at radius 1 is 1.12 bits per heavy atom. The second-order valence-corrected chi connectivity index (χ2v) is 11.4. The fraction of sp³-hybridized carbons (Fsp3) is 0.548. The van der Waals surface area contributed by atoms with Crippen LogP contribution < -0.4 is 10.6 Å². The van der Waals surface area contributed by atoms with Crippen molar-refractivity contribution in [3.63, 3.8) is 0 Å². The quantitative estimate of drug-likeness (QED) is 0.365. The smallest absolute Gasteiger partial charge is 0.406 e. The molecule has 41 heavy (non-hydrogen) atoms. The summed E-state index contributed by atoms with van der Waals surface area (Å²) < 4.78 is 50.1. The number of hydrogen-bond donors (Lipinski definition) is 3. The molecule has 0 spiro atoms. The van der Waals surface area contributed by atoms with Gasteiger partial charge in [-0.15, -0.1) is 0 Å². The van der Waals surface area contributed by atoms with Crippen molar-refractivity contribution >= 4 is 12.0 Å². The van der Waals surface area contributed by atoms with Crippen LogP contribution in [0.15, 0.2) is 30.3 Å². The molecule has 2 fully saturated rings. The number of ether oxygens (including phenoxy) is 1. The summed E-state index contributed by atoms with van der Waals surface area (Å²) >= 11 is 0. The number of amides is 2. The van der Waals surface area contributed by atoms with Crippen molar-refractivity contribution in [3.8, 4) is 11.1 Å². The topological polar surface area (TPSA) is 90.9 Å². The molecular weight excluding hydrogens is 535 g/mol. The van der Waals surface area contributed by atoms with Gasteiger partial charge in [-0.1, -0.05) is 11.6 Å². The maximum absolute atomic E-state index is 15.6. The van der Waals surface area contributed by atoms with Gasteiger partial charge in [0.25, 0.3) is 0 Å². The third-order valence-corrected chi connectivity index (χ3v) is 8.70. The first-order valence-electron chi connectivity index (χ1n) is 14.3. The lowest BCUT2D eigenvalue weighted by Gasteiger charge is -2.44. The summed E-state index contributed by atoms with van der Waals surface area (Å²) in [6, 6.07) is 6.29. The third kappa shape index (κ3) is 6.86. The zero-order chi connectivity index (χ0) is 29.7. The van der Waals surface area contributed by atoms with Crippen molar-refractivity contribution in [2.24, 2.45) is 11.8 Å². The molecule has 2 aromatic rings. The van der Waals surface area contributed by atoms with Gasteiger partial charge in [0.2, 0.25) is 5.91 Å². The Kier molecular flexibility index (Phi) is 9.96. The number of alkyl carbamates (subject to hydrolysis) is 1. The maximum Gasteiger partial charge on any atom is 0.406 e. The number of nitrogens with one attached hydrogen (secondary N) is 2. The van der Waals surface area contributed by atoms with E-state index in [9.17, 15) is 19.1 Å². The SMILES string of the molecule is CN[C@@H]1CC[C@@H](C(=O)N2CCCC([C@@](O)(CCCNC(=O)OC)c3cc(F)cc(F)c3-c3cc(C)ccc3F)C2)C1. The highest BCUT2D eigenvalue weighted by atomic mass is 19.1. The molecule has 4 rings (SSSR count). The van der Waals surface area contributed by atoms with Crippen molar-refractivity contribution in [2.75, 3.05) is 33.8 Å². The van der Waals surface area contributed by atoms with E-state index in [0.717, 1.165) is 25.3 Å². The van der Waals surface area contributed by atoms with Crippen LogP contribution in [0.4, 0.5) is 18.0 Å². The second-order valence-electron chi connectivity index (χ2n) is 11.4. The van der Waals surface area contributed by atoms with Gasteiger partial charge in [-0.25, -0.2) is 18.0 Å². The lowest BCUT2D eigenvalue weighted by molar-refractivity contribution is -0.140. The van der Waals surface area contributed by atoms with Gasteiger partial charge in [0.05, 0.1) is 12.7 Å². The average Bonchev–Trinajstić information content (AvgIpc) is 3.45. The molecule has 2 amide bonds. The van der Waals surface area contributed by atoms with Gasteiger partial charge in [0.1, 0.15) is 17.5 Å². The normalized spacial score (nSPS) is 22.3.